The van der Waals surface area contributed by atoms with E-state index in [1.807, 2.05) is 36.6 Å². The van der Waals surface area contributed by atoms with E-state index in [-0.39, 0.29) is 5.91 Å². The zero-order valence-corrected chi connectivity index (χ0v) is 15.7. The first-order valence-electron chi connectivity index (χ1n) is 7.84. The van der Waals surface area contributed by atoms with Crippen LogP contribution in [0.1, 0.15) is 12.5 Å². The van der Waals surface area contributed by atoms with E-state index in [0.717, 1.165) is 11.3 Å². The quantitative estimate of drug-likeness (QED) is 0.625. The van der Waals surface area contributed by atoms with Crippen LogP contribution in [0.3, 0.4) is 0 Å². The summed E-state index contributed by atoms with van der Waals surface area (Å²) < 4.78 is 0. The highest BCUT2D eigenvalue weighted by Gasteiger charge is 2.36. The zero-order valence-electron chi connectivity index (χ0n) is 14.0. The summed E-state index contributed by atoms with van der Waals surface area (Å²) in [4.78, 5) is 21.3. The molecule has 3 aromatic rings. The predicted octanol–water partition coefficient (Wildman–Crippen LogP) is 4.45. The van der Waals surface area contributed by atoms with Crippen LogP contribution in [0.4, 0.5) is 10.3 Å². The van der Waals surface area contributed by atoms with Crippen molar-refractivity contribution in [3.05, 3.63) is 46.8 Å². The Bertz CT molecular complexity index is 991. The largest absolute Gasteiger partial charge is 0.282 e. The zero-order chi connectivity index (χ0) is 18.1. The monoisotopic (exact) mass is 382 g/mol. The minimum atomic E-state index is -0.731. The lowest BCUT2D eigenvalue weighted by Crippen LogP contribution is -2.29. The van der Waals surface area contributed by atoms with Crippen molar-refractivity contribution in [1.29, 1.82) is 0 Å². The summed E-state index contributed by atoms with van der Waals surface area (Å²) in [6.07, 6.45) is 1.64. The molecule has 0 spiro atoms. The van der Waals surface area contributed by atoms with Crippen LogP contribution in [0.5, 0.6) is 0 Å². The Morgan fingerprint density at radius 2 is 1.96 bits per heavy atom. The molecule has 130 valence electrons. The maximum atomic E-state index is 12.7. The second-order valence-electron chi connectivity index (χ2n) is 5.71. The summed E-state index contributed by atoms with van der Waals surface area (Å²) in [5.41, 5.74) is 3.60. The fraction of sp³-hybridized carbons (Fsp3) is 0.176. The number of amides is 1. The number of carbonyl (C=O) groups is 1. The number of aryl methyl sites for hydroxylation is 1. The smallest absolute Gasteiger partial charge is 0.269 e. The van der Waals surface area contributed by atoms with Crippen molar-refractivity contribution in [2.75, 3.05) is 5.01 Å². The molecule has 0 saturated heterocycles. The van der Waals surface area contributed by atoms with Gasteiger partial charge in [0.2, 0.25) is 10.3 Å². The van der Waals surface area contributed by atoms with Crippen LogP contribution < -0.4 is 5.01 Å². The summed E-state index contributed by atoms with van der Waals surface area (Å²) in [5, 5.41) is 18.5. The van der Waals surface area contributed by atoms with Gasteiger partial charge in [-0.05, 0) is 13.8 Å². The third kappa shape index (κ3) is 3.18. The number of benzene rings is 1. The van der Waals surface area contributed by atoms with Gasteiger partial charge in [0.1, 0.15) is 0 Å². The fourth-order valence-corrected chi connectivity index (χ4v) is 3.66. The van der Waals surface area contributed by atoms with Crippen LogP contribution in [-0.4, -0.2) is 27.6 Å². The third-order valence-corrected chi connectivity index (χ3v) is 5.27. The minimum Gasteiger partial charge on any atom is -0.269 e. The van der Waals surface area contributed by atoms with Gasteiger partial charge >= 0.3 is 0 Å². The SMILES string of the molecule is CC1=NN(c2nc(-c3ccc(C)cc3)cs2)C(=O)C1N=Nc1nccs1. The maximum absolute atomic E-state index is 12.7. The molecular formula is C17H14N6OS2. The van der Waals surface area contributed by atoms with Gasteiger partial charge in [0, 0.05) is 22.5 Å². The van der Waals surface area contributed by atoms with Crippen LogP contribution >= 0.6 is 22.7 Å². The van der Waals surface area contributed by atoms with Crippen LogP contribution in [0, 0.1) is 6.92 Å². The van der Waals surface area contributed by atoms with Gasteiger partial charge in [-0.15, -0.1) is 27.8 Å². The number of thiazole rings is 2. The summed E-state index contributed by atoms with van der Waals surface area (Å²) >= 11 is 2.74. The molecule has 0 bridgehead atoms. The molecule has 3 heterocycles. The van der Waals surface area contributed by atoms with Crippen LogP contribution in [0.15, 0.2) is 56.6 Å². The first-order chi connectivity index (χ1) is 12.6. The molecule has 0 radical (unpaired) electrons. The number of hydrazone groups is 1. The third-order valence-electron chi connectivity index (χ3n) is 3.79. The molecule has 1 unspecified atom stereocenters. The molecule has 0 aliphatic carbocycles. The topological polar surface area (TPSA) is 83.2 Å². The molecule has 0 saturated carbocycles. The van der Waals surface area contributed by atoms with Crippen LogP contribution in [0.25, 0.3) is 11.3 Å². The first kappa shape index (κ1) is 16.7. The van der Waals surface area contributed by atoms with Crippen LogP contribution in [0.2, 0.25) is 0 Å². The molecule has 2 aromatic heterocycles. The molecule has 7 nitrogen and oxygen atoms in total. The molecule has 4 rings (SSSR count). The Kier molecular flexibility index (Phi) is 4.39. The van der Waals surface area contributed by atoms with Crippen molar-refractivity contribution in [2.45, 2.75) is 19.9 Å². The number of nitrogens with zero attached hydrogens (tertiary/aromatic N) is 6. The normalized spacial score (nSPS) is 17.3. The Morgan fingerprint density at radius 1 is 1.15 bits per heavy atom. The number of rotatable bonds is 4. The number of carbonyl (C=O) groups excluding carboxylic acids is 1. The highest BCUT2D eigenvalue weighted by atomic mass is 32.1. The second kappa shape index (κ2) is 6.85. The van der Waals surface area contributed by atoms with Gasteiger partial charge in [-0.2, -0.15) is 15.2 Å². The summed E-state index contributed by atoms with van der Waals surface area (Å²) in [7, 11) is 0. The Labute approximate surface area is 157 Å². The van der Waals surface area contributed by atoms with Crippen molar-refractivity contribution in [1.82, 2.24) is 9.97 Å². The molecule has 0 fully saturated rings. The average molecular weight is 382 g/mol. The van der Waals surface area contributed by atoms with Crippen LogP contribution in [-0.2, 0) is 4.79 Å². The molecule has 1 amide bonds. The lowest BCUT2D eigenvalue weighted by atomic mass is 10.1. The van der Waals surface area contributed by atoms with E-state index >= 15 is 0 Å². The average Bonchev–Trinajstić information content (AvgIpc) is 3.36. The van der Waals surface area contributed by atoms with Gasteiger partial charge < -0.3 is 0 Å². The molecule has 1 aliphatic heterocycles. The van der Waals surface area contributed by atoms with E-state index in [1.54, 1.807) is 18.5 Å². The van der Waals surface area contributed by atoms with Crippen molar-refractivity contribution >= 4 is 44.6 Å². The van der Waals surface area contributed by atoms with Crippen molar-refractivity contribution in [3.8, 4) is 11.3 Å². The second-order valence-corrected chi connectivity index (χ2v) is 7.42. The van der Waals surface area contributed by atoms with E-state index in [9.17, 15) is 4.79 Å². The molecule has 1 aromatic carbocycles. The van der Waals surface area contributed by atoms with Gasteiger partial charge in [-0.25, -0.2) is 9.97 Å². The summed E-state index contributed by atoms with van der Waals surface area (Å²) in [6, 6.07) is 7.36. The molecular weight excluding hydrogens is 368 g/mol. The van der Waals surface area contributed by atoms with E-state index in [1.165, 1.54) is 33.2 Å². The lowest BCUT2D eigenvalue weighted by Gasteiger charge is -2.07. The number of aromatic nitrogens is 2. The van der Waals surface area contributed by atoms with E-state index < -0.39 is 6.04 Å². The molecule has 26 heavy (non-hydrogen) atoms. The first-order valence-corrected chi connectivity index (χ1v) is 9.60. The van der Waals surface area contributed by atoms with E-state index in [4.69, 9.17) is 0 Å². The van der Waals surface area contributed by atoms with Crippen molar-refractivity contribution in [3.63, 3.8) is 0 Å². The molecule has 1 aliphatic rings. The number of hydrogen-bond donors (Lipinski definition) is 0. The van der Waals surface area contributed by atoms with Crippen molar-refractivity contribution in [2.24, 2.45) is 15.3 Å². The van der Waals surface area contributed by atoms with Gasteiger partial charge in [0.25, 0.3) is 5.91 Å². The Balaban J connectivity index is 1.55. The van der Waals surface area contributed by atoms with Gasteiger partial charge in [0.05, 0.1) is 11.4 Å². The maximum Gasteiger partial charge on any atom is 0.282 e. The molecule has 0 N–H and O–H groups in total. The summed E-state index contributed by atoms with van der Waals surface area (Å²) in [5.74, 6) is -0.257. The Morgan fingerprint density at radius 3 is 2.69 bits per heavy atom. The number of azo groups is 1. The van der Waals surface area contributed by atoms with E-state index in [0.29, 0.717) is 16.0 Å². The van der Waals surface area contributed by atoms with E-state index in [2.05, 4.69) is 25.3 Å². The van der Waals surface area contributed by atoms with Crippen molar-refractivity contribution < 1.29 is 4.79 Å². The molecule has 1 atom stereocenters. The summed E-state index contributed by atoms with van der Waals surface area (Å²) in [6.45, 7) is 3.80. The van der Waals surface area contributed by atoms with Gasteiger partial charge in [0.15, 0.2) is 6.04 Å². The highest BCUT2D eigenvalue weighted by Crippen LogP contribution is 2.30. The lowest BCUT2D eigenvalue weighted by molar-refractivity contribution is -0.117. The number of anilines is 1. The standard InChI is InChI=1S/C17H14N6OS2/c1-10-3-5-12(6-4-10)13-9-26-17(19-13)23-15(24)14(11(2)22-23)20-21-16-18-7-8-25-16/h3-9,14H,1-2H3. The Hall–Kier alpha value is -2.78. The van der Waals surface area contributed by atoms with Gasteiger partial charge in [-0.3, -0.25) is 4.79 Å². The highest BCUT2D eigenvalue weighted by molar-refractivity contribution is 7.14. The van der Waals surface area contributed by atoms with Gasteiger partial charge in [-0.1, -0.05) is 29.8 Å². The molecule has 9 heteroatoms. The fourth-order valence-electron chi connectivity index (χ4n) is 2.42. The predicted molar refractivity (Wildman–Crippen MR) is 103 cm³/mol. The number of hydrogen-bond acceptors (Lipinski definition) is 8. The minimum absolute atomic E-state index is 0.257.